The Morgan fingerprint density at radius 2 is 2.31 bits per heavy atom. The van der Waals surface area contributed by atoms with Crippen LogP contribution in [0.4, 0.5) is 0 Å². The van der Waals surface area contributed by atoms with E-state index in [1.54, 1.807) is 20.2 Å². The van der Waals surface area contributed by atoms with Crippen LogP contribution in [0.2, 0.25) is 0 Å². The fourth-order valence-corrected chi connectivity index (χ4v) is 1.26. The number of rotatable bonds is 6. The molecule has 0 amide bonds. The van der Waals surface area contributed by atoms with Crippen LogP contribution in [0.15, 0.2) is 18.3 Å². The lowest BCUT2D eigenvalue weighted by Gasteiger charge is -2.20. The summed E-state index contributed by atoms with van der Waals surface area (Å²) in [6.45, 7) is 2.14. The molecule has 3 N–H and O–H groups in total. The van der Waals surface area contributed by atoms with Gasteiger partial charge in [-0.2, -0.15) is 0 Å². The van der Waals surface area contributed by atoms with E-state index < -0.39 is 5.60 Å². The summed E-state index contributed by atoms with van der Waals surface area (Å²) in [6, 6.07) is 3.72. The molecule has 1 unspecified atom stereocenters. The molecule has 0 spiro atoms. The number of nitrogens with one attached hydrogen (secondary N) is 1. The number of ether oxygens (including phenoxy) is 1. The summed E-state index contributed by atoms with van der Waals surface area (Å²) in [5, 5.41) is 21.5. The van der Waals surface area contributed by atoms with Gasteiger partial charge in [0.05, 0.1) is 19.3 Å². The van der Waals surface area contributed by atoms with E-state index in [9.17, 15) is 5.11 Å². The highest BCUT2D eigenvalue weighted by Gasteiger charge is 2.18. The predicted octanol–water partition coefficient (Wildman–Crippen LogP) is -0.0769. The number of pyridine rings is 1. The molecule has 1 aromatic rings. The zero-order valence-electron chi connectivity index (χ0n) is 9.60. The van der Waals surface area contributed by atoms with E-state index in [-0.39, 0.29) is 6.61 Å². The molecule has 90 valence electrons. The van der Waals surface area contributed by atoms with Gasteiger partial charge in [0.15, 0.2) is 0 Å². The minimum atomic E-state index is -1.10. The number of aromatic nitrogens is 1. The summed E-state index contributed by atoms with van der Waals surface area (Å²) in [7, 11) is 1.57. The Hall–Kier alpha value is -1.17. The Balaban J connectivity index is 2.49. The Kier molecular flexibility index (Phi) is 4.67. The molecule has 1 aromatic heterocycles. The molecule has 0 aliphatic carbocycles. The van der Waals surface area contributed by atoms with Gasteiger partial charge in [0.2, 0.25) is 5.88 Å². The molecule has 0 saturated heterocycles. The molecule has 0 fully saturated rings. The van der Waals surface area contributed by atoms with E-state index in [1.807, 2.05) is 12.1 Å². The van der Waals surface area contributed by atoms with Crippen LogP contribution in [0.25, 0.3) is 0 Å². The first kappa shape index (κ1) is 12.9. The summed E-state index contributed by atoms with van der Waals surface area (Å²) in [5.41, 5.74) is -0.186. The molecule has 5 nitrogen and oxygen atoms in total. The van der Waals surface area contributed by atoms with Gasteiger partial charge in [0.25, 0.3) is 0 Å². The molecule has 0 radical (unpaired) electrons. The average molecular weight is 226 g/mol. The van der Waals surface area contributed by atoms with Crippen LogP contribution in [0.1, 0.15) is 12.5 Å². The monoisotopic (exact) mass is 226 g/mol. The third-order valence-electron chi connectivity index (χ3n) is 2.21. The molecule has 0 aromatic carbocycles. The zero-order valence-corrected chi connectivity index (χ0v) is 9.60. The van der Waals surface area contributed by atoms with Gasteiger partial charge in [-0.05, 0) is 13.0 Å². The molecular weight excluding hydrogens is 208 g/mol. The molecule has 0 bridgehead atoms. The first-order valence-electron chi connectivity index (χ1n) is 5.11. The summed E-state index contributed by atoms with van der Waals surface area (Å²) in [6.07, 6.45) is 1.66. The second-order valence-corrected chi connectivity index (χ2v) is 3.93. The molecule has 5 heteroatoms. The van der Waals surface area contributed by atoms with Crippen molar-refractivity contribution in [1.29, 1.82) is 0 Å². The number of methoxy groups -OCH3 is 1. The van der Waals surface area contributed by atoms with Gasteiger partial charge in [-0.3, -0.25) is 0 Å². The van der Waals surface area contributed by atoms with Crippen molar-refractivity contribution in [1.82, 2.24) is 10.3 Å². The molecule has 1 atom stereocenters. The first-order chi connectivity index (χ1) is 7.59. The van der Waals surface area contributed by atoms with Crippen LogP contribution in [0.3, 0.4) is 0 Å². The molecule has 1 heterocycles. The lowest BCUT2D eigenvalue weighted by atomic mass is 10.1. The maximum atomic E-state index is 9.57. The van der Waals surface area contributed by atoms with Gasteiger partial charge < -0.3 is 20.3 Å². The number of hydrogen-bond acceptors (Lipinski definition) is 5. The van der Waals surface area contributed by atoms with E-state index >= 15 is 0 Å². The van der Waals surface area contributed by atoms with Gasteiger partial charge in [-0.15, -0.1) is 0 Å². The minimum Gasteiger partial charge on any atom is -0.481 e. The Morgan fingerprint density at radius 1 is 1.56 bits per heavy atom. The normalized spacial score (nSPS) is 14.5. The largest absolute Gasteiger partial charge is 0.481 e. The topological polar surface area (TPSA) is 74.6 Å². The van der Waals surface area contributed by atoms with Gasteiger partial charge >= 0.3 is 0 Å². The smallest absolute Gasteiger partial charge is 0.217 e. The van der Waals surface area contributed by atoms with Crippen molar-refractivity contribution in [3.05, 3.63) is 23.9 Å². The summed E-state index contributed by atoms with van der Waals surface area (Å²) in [5.74, 6) is 0.568. The van der Waals surface area contributed by atoms with Crippen LogP contribution in [-0.4, -0.2) is 41.1 Å². The molecule has 16 heavy (non-hydrogen) atoms. The van der Waals surface area contributed by atoms with E-state index in [0.717, 1.165) is 5.56 Å². The molecule has 0 aliphatic heterocycles. The quantitative estimate of drug-likeness (QED) is 0.633. The Bertz CT molecular complexity index is 329. The predicted molar refractivity (Wildman–Crippen MR) is 60.2 cm³/mol. The van der Waals surface area contributed by atoms with Crippen molar-refractivity contribution >= 4 is 0 Å². The SMILES string of the molecule is COc1ncccc1CNCC(C)(O)CO. The Morgan fingerprint density at radius 3 is 2.94 bits per heavy atom. The third kappa shape index (κ3) is 3.77. The van der Waals surface area contributed by atoms with E-state index in [4.69, 9.17) is 9.84 Å². The van der Waals surface area contributed by atoms with Gasteiger partial charge in [-0.25, -0.2) is 4.98 Å². The minimum absolute atomic E-state index is 0.274. The fraction of sp³-hybridized carbons (Fsp3) is 0.545. The standard InChI is InChI=1S/C11H18N2O3/c1-11(15,8-14)7-12-6-9-4-3-5-13-10(9)16-2/h3-5,12,14-15H,6-8H2,1-2H3. The Labute approximate surface area is 95.1 Å². The van der Waals surface area contributed by atoms with Crippen molar-refractivity contribution < 1.29 is 14.9 Å². The van der Waals surface area contributed by atoms with Gasteiger partial charge in [0, 0.05) is 24.8 Å². The van der Waals surface area contributed by atoms with E-state index in [0.29, 0.717) is 19.0 Å². The average Bonchev–Trinajstić information content (AvgIpc) is 2.29. The number of hydrogen-bond donors (Lipinski definition) is 3. The summed E-state index contributed by atoms with van der Waals surface area (Å²) >= 11 is 0. The number of aliphatic hydroxyl groups excluding tert-OH is 1. The molecule has 0 saturated carbocycles. The van der Waals surface area contributed by atoms with Crippen LogP contribution < -0.4 is 10.1 Å². The van der Waals surface area contributed by atoms with Crippen molar-refractivity contribution in [3.63, 3.8) is 0 Å². The van der Waals surface area contributed by atoms with E-state index in [2.05, 4.69) is 10.3 Å². The van der Waals surface area contributed by atoms with Gasteiger partial charge in [0.1, 0.15) is 0 Å². The maximum absolute atomic E-state index is 9.57. The van der Waals surface area contributed by atoms with Crippen LogP contribution in [0, 0.1) is 0 Å². The van der Waals surface area contributed by atoms with E-state index in [1.165, 1.54) is 0 Å². The van der Waals surface area contributed by atoms with Gasteiger partial charge in [-0.1, -0.05) is 6.07 Å². The van der Waals surface area contributed by atoms with Crippen LogP contribution in [-0.2, 0) is 6.54 Å². The van der Waals surface area contributed by atoms with Crippen molar-refractivity contribution in [2.45, 2.75) is 19.1 Å². The van der Waals surface area contributed by atoms with Crippen LogP contribution >= 0.6 is 0 Å². The lowest BCUT2D eigenvalue weighted by molar-refractivity contribution is 0.00250. The third-order valence-corrected chi connectivity index (χ3v) is 2.21. The molecular formula is C11H18N2O3. The highest BCUT2D eigenvalue weighted by atomic mass is 16.5. The molecule has 1 rings (SSSR count). The van der Waals surface area contributed by atoms with Crippen molar-refractivity contribution in [3.8, 4) is 5.88 Å². The number of aliphatic hydroxyl groups is 2. The second kappa shape index (κ2) is 5.79. The number of nitrogens with zero attached hydrogens (tertiary/aromatic N) is 1. The fourth-order valence-electron chi connectivity index (χ4n) is 1.26. The zero-order chi connectivity index (χ0) is 12.0. The summed E-state index contributed by atoms with van der Waals surface area (Å²) in [4.78, 5) is 4.06. The second-order valence-electron chi connectivity index (χ2n) is 3.93. The maximum Gasteiger partial charge on any atom is 0.217 e. The van der Waals surface area contributed by atoms with Crippen LogP contribution in [0.5, 0.6) is 5.88 Å². The van der Waals surface area contributed by atoms with Crippen molar-refractivity contribution in [2.24, 2.45) is 0 Å². The molecule has 0 aliphatic rings. The van der Waals surface area contributed by atoms with Crippen molar-refractivity contribution in [2.75, 3.05) is 20.3 Å². The summed E-state index contributed by atoms with van der Waals surface area (Å²) < 4.78 is 5.09. The highest BCUT2D eigenvalue weighted by molar-refractivity contribution is 5.24. The first-order valence-corrected chi connectivity index (χ1v) is 5.11. The lowest BCUT2D eigenvalue weighted by Crippen LogP contribution is -2.40. The highest BCUT2D eigenvalue weighted by Crippen LogP contribution is 2.13.